The van der Waals surface area contributed by atoms with E-state index < -0.39 is 6.03 Å². The molecule has 0 unspecified atom stereocenters. The van der Waals surface area contributed by atoms with Crippen LogP contribution in [-0.2, 0) is 6.61 Å². The van der Waals surface area contributed by atoms with Crippen molar-refractivity contribution in [1.29, 1.82) is 0 Å². The van der Waals surface area contributed by atoms with Gasteiger partial charge in [-0.05, 0) is 37.3 Å². The van der Waals surface area contributed by atoms with Crippen LogP contribution in [0.5, 0.6) is 0 Å². The van der Waals surface area contributed by atoms with Gasteiger partial charge in [0.2, 0.25) is 0 Å². The Morgan fingerprint density at radius 1 is 1.25 bits per heavy atom. The third-order valence-corrected chi connectivity index (χ3v) is 4.07. The molecule has 0 bridgehead atoms. The molecular formula is C16H17BrClN3O3. The van der Waals surface area contributed by atoms with Crippen LogP contribution in [0, 0.1) is 0 Å². The van der Waals surface area contributed by atoms with Crippen molar-refractivity contribution in [2.24, 2.45) is 0 Å². The summed E-state index contributed by atoms with van der Waals surface area (Å²) >= 11 is 9.42. The molecule has 4 N–H and O–H groups in total. The van der Waals surface area contributed by atoms with Gasteiger partial charge >= 0.3 is 6.03 Å². The molecule has 0 heterocycles. The molecule has 24 heavy (non-hydrogen) atoms. The summed E-state index contributed by atoms with van der Waals surface area (Å²) in [5.41, 5.74) is 2.03. The Labute approximate surface area is 153 Å². The molecule has 2 aromatic rings. The number of hydrogen-bond donors (Lipinski definition) is 4. The SMILES string of the molecule is CCN(O)c1ccc(NC(=O)Nc2cc(Br)ccc2CO)cc1Cl. The fraction of sp³-hybridized carbons (Fsp3) is 0.188. The number of carbonyl (C=O) groups is 1. The number of carbonyl (C=O) groups excluding carboxylic acids is 1. The number of hydroxylamine groups is 1. The Morgan fingerprint density at radius 3 is 2.62 bits per heavy atom. The van der Waals surface area contributed by atoms with Gasteiger partial charge in [0.25, 0.3) is 0 Å². The Kier molecular flexibility index (Phi) is 6.44. The number of anilines is 3. The number of amides is 2. The number of halogens is 2. The van der Waals surface area contributed by atoms with Crippen LogP contribution in [0.3, 0.4) is 0 Å². The summed E-state index contributed by atoms with van der Waals surface area (Å²) in [5, 5.41) is 25.7. The van der Waals surface area contributed by atoms with Gasteiger partial charge in [0.1, 0.15) is 0 Å². The first-order valence-electron chi connectivity index (χ1n) is 7.17. The van der Waals surface area contributed by atoms with Gasteiger partial charge in [-0.25, -0.2) is 4.79 Å². The van der Waals surface area contributed by atoms with Crippen molar-refractivity contribution in [2.75, 3.05) is 22.2 Å². The monoisotopic (exact) mass is 413 g/mol. The van der Waals surface area contributed by atoms with Crippen molar-refractivity contribution in [3.8, 4) is 0 Å². The third kappa shape index (κ3) is 4.61. The highest BCUT2D eigenvalue weighted by molar-refractivity contribution is 9.10. The maximum atomic E-state index is 12.1. The van der Waals surface area contributed by atoms with Crippen LogP contribution in [0.2, 0.25) is 5.02 Å². The fourth-order valence-corrected chi connectivity index (χ4v) is 2.69. The van der Waals surface area contributed by atoms with E-state index in [0.29, 0.717) is 34.2 Å². The first kappa shape index (κ1) is 18.5. The highest BCUT2D eigenvalue weighted by Gasteiger charge is 2.10. The number of aliphatic hydroxyl groups excluding tert-OH is 1. The number of nitrogens with one attached hydrogen (secondary N) is 2. The maximum absolute atomic E-state index is 12.1. The molecule has 0 spiro atoms. The molecule has 6 nitrogen and oxygen atoms in total. The summed E-state index contributed by atoms with van der Waals surface area (Å²) in [6.45, 7) is 1.99. The largest absolute Gasteiger partial charge is 0.392 e. The van der Waals surface area contributed by atoms with Crippen molar-refractivity contribution < 1.29 is 15.1 Å². The number of rotatable bonds is 5. The van der Waals surface area contributed by atoms with Crippen molar-refractivity contribution in [1.82, 2.24) is 0 Å². The van der Waals surface area contributed by atoms with Gasteiger partial charge in [0.15, 0.2) is 0 Å². The minimum atomic E-state index is -0.469. The summed E-state index contributed by atoms with van der Waals surface area (Å²) in [5.74, 6) is 0. The summed E-state index contributed by atoms with van der Waals surface area (Å²) in [6.07, 6.45) is 0. The van der Waals surface area contributed by atoms with E-state index in [1.54, 1.807) is 43.3 Å². The number of hydrogen-bond acceptors (Lipinski definition) is 4. The lowest BCUT2D eigenvalue weighted by molar-refractivity contribution is 0.260. The molecule has 0 saturated heterocycles. The second kappa shape index (κ2) is 8.34. The molecule has 0 saturated carbocycles. The van der Waals surface area contributed by atoms with Gasteiger partial charge in [-0.3, -0.25) is 10.3 Å². The minimum Gasteiger partial charge on any atom is -0.392 e. The highest BCUT2D eigenvalue weighted by Crippen LogP contribution is 2.28. The smallest absolute Gasteiger partial charge is 0.323 e. The van der Waals surface area contributed by atoms with Crippen molar-refractivity contribution >= 4 is 50.6 Å². The molecule has 0 fully saturated rings. The fourth-order valence-electron chi connectivity index (χ4n) is 2.05. The van der Waals surface area contributed by atoms with Crippen LogP contribution in [0.1, 0.15) is 12.5 Å². The highest BCUT2D eigenvalue weighted by atomic mass is 79.9. The maximum Gasteiger partial charge on any atom is 0.323 e. The predicted octanol–water partition coefficient (Wildman–Crippen LogP) is 4.45. The summed E-state index contributed by atoms with van der Waals surface area (Å²) in [6, 6.07) is 9.51. The van der Waals surface area contributed by atoms with Crippen LogP contribution in [0.15, 0.2) is 40.9 Å². The zero-order valence-corrected chi connectivity index (χ0v) is 15.2. The number of urea groups is 1. The lowest BCUT2D eigenvalue weighted by atomic mass is 10.2. The van der Waals surface area contributed by atoms with Crippen LogP contribution < -0.4 is 15.7 Å². The molecule has 0 aliphatic heterocycles. The molecule has 8 heteroatoms. The van der Waals surface area contributed by atoms with E-state index in [2.05, 4.69) is 26.6 Å². The minimum absolute atomic E-state index is 0.188. The molecule has 0 aliphatic rings. The first-order chi connectivity index (χ1) is 11.4. The summed E-state index contributed by atoms with van der Waals surface area (Å²) in [7, 11) is 0. The van der Waals surface area contributed by atoms with Gasteiger partial charge < -0.3 is 15.7 Å². The molecule has 128 valence electrons. The predicted molar refractivity (Wildman–Crippen MR) is 99.0 cm³/mol. The zero-order valence-electron chi connectivity index (χ0n) is 12.9. The normalized spacial score (nSPS) is 10.4. The Hall–Kier alpha value is -1.80. The van der Waals surface area contributed by atoms with E-state index in [4.69, 9.17) is 11.6 Å². The second-order valence-electron chi connectivity index (χ2n) is 4.92. The third-order valence-electron chi connectivity index (χ3n) is 3.27. The number of aliphatic hydroxyl groups is 1. The second-order valence-corrected chi connectivity index (χ2v) is 6.24. The van der Waals surface area contributed by atoms with E-state index >= 15 is 0 Å². The van der Waals surface area contributed by atoms with Crippen LogP contribution in [0.25, 0.3) is 0 Å². The van der Waals surface area contributed by atoms with E-state index in [0.717, 1.165) is 9.54 Å². The Morgan fingerprint density at radius 2 is 2.00 bits per heavy atom. The lowest BCUT2D eigenvalue weighted by Gasteiger charge is -2.17. The Balaban J connectivity index is 2.10. The van der Waals surface area contributed by atoms with Crippen molar-refractivity contribution in [3.63, 3.8) is 0 Å². The number of benzene rings is 2. The van der Waals surface area contributed by atoms with Gasteiger partial charge in [-0.2, -0.15) is 0 Å². The molecule has 0 aromatic heterocycles. The quantitative estimate of drug-likeness (QED) is 0.544. The van der Waals surface area contributed by atoms with Gasteiger partial charge in [-0.1, -0.05) is 33.6 Å². The average molecular weight is 415 g/mol. The lowest BCUT2D eigenvalue weighted by Crippen LogP contribution is -2.21. The van der Waals surface area contributed by atoms with Gasteiger partial charge in [-0.15, -0.1) is 0 Å². The topological polar surface area (TPSA) is 84.8 Å². The molecule has 2 rings (SSSR count). The van der Waals surface area contributed by atoms with E-state index in [9.17, 15) is 15.1 Å². The van der Waals surface area contributed by atoms with E-state index in [1.807, 2.05) is 0 Å². The van der Waals surface area contributed by atoms with Gasteiger partial charge in [0.05, 0.1) is 17.3 Å². The molecule has 0 radical (unpaired) electrons. The van der Waals surface area contributed by atoms with Gasteiger partial charge in [0, 0.05) is 28.0 Å². The summed E-state index contributed by atoms with van der Waals surface area (Å²) < 4.78 is 0.782. The van der Waals surface area contributed by atoms with E-state index in [1.165, 1.54) is 0 Å². The van der Waals surface area contributed by atoms with E-state index in [-0.39, 0.29) is 6.61 Å². The standard InChI is InChI=1S/C16H17BrClN3O3/c1-2-21(24)15-6-5-12(8-13(15)18)19-16(23)20-14-7-11(17)4-3-10(14)9-22/h3-8,22,24H,2,9H2,1H3,(H2,19,20,23). The average Bonchev–Trinajstić information content (AvgIpc) is 2.54. The number of nitrogens with zero attached hydrogens (tertiary/aromatic N) is 1. The molecule has 2 amide bonds. The first-order valence-corrected chi connectivity index (χ1v) is 8.35. The summed E-state index contributed by atoms with van der Waals surface area (Å²) in [4.78, 5) is 12.1. The van der Waals surface area contributed by atoms with Crippen molar-refractivity contribution in [3.05, 3.63) is 51.5 Å². The van der Waals surface area contributed by atoms with Crippen LogP contribution >= 0.6 is 27.5 Å². The molecule has 0 atom stereocenters. The Bertz CT molecular complexity index is 743. The molecular weight excluding hydrogens is 398 g/mol. The van der Waals surface area contributed by atoms with Crippen molar-refractivity contribution in [2.45, 2.75) is 13.5 Å². The van der Waals surface area contributed by atoms with Crippen LogP contribution in [0.4, 0.5) is 21.9 Å². The van der Waals surface area contributed by atoms with Crippen LogP contribution in [-0.4, -0.2) is 22.9 Å². The zero-order chi connectivity index (χ0) is 17.7. The molecule has 2 aromatic carbocycles. The molecule has 0 aliphatic carbocycles.